The summed E-state index contributed by atoms with van der Waals surface area (Å²) < 4.78 is 5.40. The molecular weight excluding hydrogens is 292 g/mol. The van der Waals surface area contributed by atoms with Gasteiger partial charge in [0.25, 0.3) is 11.6 Å². The number of amides is 1. The number of fused-ring (bicyclic) bond motifs is 1. The van der Waals surface area contributed by atoms with E-state index in [1.165, 1.54) is 29.2 Å². The summed E-state index contributed by atoms with van der Waals surface area (Å²) in [7, 11) is 0. The predicted octanol–water partition coefficient (Wildman–Crippen LogP) is 2.03. The fourth-order valence-electron chi connectivity index (χ4n) is 2.66. The van der Waals surface area contributed by atoms with Gasteiger partial charge in [-0.15, -0.1) is 0 Å². The van der Waals surface area contributed by atoms with Gasteiger partial charge < -0.3 is 14.4 Å². The van der Waals surface area contributed by atoms with Crippen LogP contribution in [0.3, 0.4) is 0 Å². The van der Waals surface area contributed by atoms with E-state index in [0.29, 0.717) is 30.4 Å². The number of carboxylic acid groups (broad SMARTS) is 1. The number of nitro groups is 1. The number of hydrogen-bond donors (Lipinski definition) is 1. The fourth-order valence-corrected chi connectivity index (χ4v) is 2.66. The van der Waals surface area contributed by atoms with Crippen molar-refractivity contribution >= 4 is 28.5 Å². The number of nitro benzene ring substituents is 1. The van der Waals surface area contributed by atoms with Crippen LogP contribution in [0.1, 0.15) is 23.4 Å². The van der Waals surface area contributed by atoms with Gasteiger partial charge in [0.05, 0.1) is 4.92 Å². The van der Waals surface area contributed by atoms with E-state index >= 15 is 0 Å². The van der Waals surface area contributed by atoms with Crippen LogP contribution in [0.2, 0.25) is 0 Å². The van der Waals surface area contributed by atoms with Crippen molar-refractivity contribution in [2.24, 2.45) is 0 Å². The molecule has 1 atom stereocenters. The molecule has 0 spiro atoms. The molecule has 22 heavy (non-hydrogen) atoms. The number of carboxylic acids is 1. The SMILES string of the molecule is O=C(O)[C@@H]1CCCN1C(=O)c1cc2cc([N+](=O)[O-])ccc2o1. The van der Waals surface area contributed by atoms with Crippen molar-refractivity contribution in [2.75, 3.05) is 6.54 Å². The number of carbonyl (C=O) groups excluding carboxylic acids is 1. The zero-order valence-electron chi connectivity index (χ0n) is 11.4. The Morgan fingerprint density at radius 1 is 1.36 bits per heavy atom. The summed E-state index contributed by atoms with van der Waals surface area (Å²) in [5.74, 6) is -1.56. The van der Waals surface area contributed by atoms with E-state index in [2.05, 4.69) is 0 Å². The molecule has 8 heteroatoms. The third-order valence-corrected chi connectivity index (χ3v) is 3.72. The monoisotopic (exact) mass is 304 g/mol. The number of carbonyl (C=O) groups is 2. The van der Waals surface area contributed by atoms with Crippen LogP contribution < -0.4 is 0 Å². The van der Waals surface area contributed by atoms with E-state index in [0.717, 1.165) is 0 Å². The molecule has 2 heterocycles. The van der Waals surface area contributed by atoms with E-state index in [4.69, 9.17) is 9.52 Å². The molecule has 0 saturated carbocycles. The van der Waals surface area contributed by atoms with Crippen molar-refractivity contribution in [3.63, 3.8) is 0 Å². The molecular formula is C14H12N2O6. The molecule has 3 rings (SSSR count). The maximum absolute atomic E-state index is 12.4. The number of hydrogen-bond acceptors (Lipinski definition) is 5. The second kappa shape index (κ2) is 5.14. The van der Waals surface area contributed by atoms with Gasteiger partial charge in [-0.1, -0.05) is 0 Å². The lowest BCUT2D eigenvalue weighted by atomic mass is 10.2. The Bertz CT molecular complexity index is 781. The molecule has 1 aromatic carbocycles. The highest BCUT2D eigenvalue weighted by Crippen LogP contribution is 2.27. The van der Waals surface area contributed by atoms with Crippen molar-refractivity contribution < 1.29 is 24.0 Å². The summed E-state index contributed by atoms with van der Waals surface area (Å²) in [6.45, 7) is 0.354. The third-order valence-electron chi connectivity index (χ3n) is 3.72. The predicted molar refractivity (Wildman–Crippen MR) is 74.6 cm³/mol. The topological polar surface area (TPSA) is 114 Å². The maximum Gasteiger partial charge on any atom is 0.326 e. The second-order valence-electron chi connectivity index (χ2n) is 5.08. The molecule has 0 unspecified atom stereocenters. The van der Waals surface area contributed by atoms with Crippen LogP contribution in [0, 0.1) is 10.1 Å². The molecule has 1 saturated heterocycles. The van der Waals surface area contributed by atoms with Crippen LogP contribution in [0.15, 0.2) is 28.7 Å². The quantitative estimate of drug-likeness (QED) is 0.685. The summed E-state index contributed by atoms with van der Waals surface area (Å²) in [4.78, 5) is 35.0. The fraction of sp³-hybridized carbons (Fsp3) is 0.286. The second-order valence-corrected chi connectivity index (χ2v) is 5.08. The highest BCUT2D eigenvalue weighted by molar-refractivity contribution is 5.98. The molecule has 114 valence electrons. The first-order chi connectivity index (χ1) is 10.5. The Labute approximate surface area is 124 Å². The van der Waals surface area contributed by atoms with E-state index in [1.54, 1.807) is 0 Å². The molecule has 8 nitrogen and oxygen atoms in total. The molecule has 1 aliphatic rings. The van der Waals surface area contributed by atoms with Crippen LogP contribution in [-0.4, -0.2) is 39.4 Å². The molecule has 0 aliphatic carbocycles. The van der Waals surface area contributed by atoms with Crippen molar-refractivity contribution in [1.82, 2.24) is 4.90 Å². The molecule has 1 fully saturated rings. The number of likely N-dealkylation sites (tertiary alicyclic amines) is 1. The Morgan fingerprint density at radius 3 is 2.82 bits per heavy atom. The molecule has 1 N–H and O–H groups in total. The Hall–Kier alpha value is -2.90. The van der Waals surface area contributed by atoms with Gasteiger partial charge in [0, 0.05) is 24.1 Å². The lowest BCUT2D eigenvalue weighted by molar-refractivity contribution is -0.384. The first-order valence-electron chi connectivity index (χ1n) is 6.69. The smallest absolute Gasteiger partial charge is 0.326 e. The average molecular weight is 304 g/mol. The zero-order valence-corrected chi connectivity index (χ0v) is 11.4. The van der Waals surface area contributed by atoms with Gasteiger partial charge in [-0.2, -0.15) is 0 Å². The lowest BCUT2D eigenvalue weighted by Crippen LogP contribution is -2.40. The summed E-state index contributed by atoms with van der Waals surface area (Å²) in [6, 6.07) is 4.57. The van der Waals surface area contributed by atoms with Crippen LogP contribution in [0.4, 0.5) is 5.69 Å². The summed E-state index contributed by atoms with van der Waals surface area (Å²) in [5.41, 5.74) is 0.247. The molecule has 1 amide bonds. The lowest BCUT2D eigenvalue weighted by Gasteiger charge is -2.19. The number of non-ortho nitro benzene ring substituents is 1. The molecule has 2 aromatic rings. The minimum Gasteiger partial charge on any atom is -0.480 e. The van der Waals surface area contributed by atoms with E-state index in [-0.39, 0.29) is 11.4 Å². The molecule has 1 aliphatic heterocycles. The van der Waals surface area contributed by atoms with Crippen molar-refractivity contribution in [3.8, 4) is 0 Å². The highest BCUT2D eigenvalue weighted by atomic mass is 16.6. The minimum absolute atomic E-state index is 0.0105. The van der Waals surface area contributed by atoms with Crippen LogP contribution >= 0.6 is 0 Å². The largest absolute Gasteiger partial charge is 0.480 e. The Kier molecular flexibility index (Phi) is 3.28. The van der Waals surface area contributed by atoms with Gasteiger partial charge in [-0.25, -0.2) is 4.79 Å². The number of benzene rings is 1. The van der Waals surface area contributed by atoms with Gasteiger partial charge in [0.15, 0.2) is 5.76 Å². The third kappa shape index (κ3) is 2.28. The summed E-state index contributed by atoms with van der Waals surface area (Å²) in [5, 5.41) is 20.3. The first-order valence-corrected chi connectivity index (χ1v) is 6.69. The Morgan fingerprint density at radius 2 is 2.14 bits per heavy atom. The van der Waals surface area contributed by atoms with Gasteiger partial charge in [0.2, 0.25) is 0 Å². The summed E-state index contributed by atoms with van der Waals surface area (Å²) in [6.07, 6.45) is 1.03. The number of aliphatic carboxylic acids is 1. The standard InChI is InChI=1S/C14H12N2O6/c17-13(15-5-1-2-10(15)14(18)19)12-7-8-6-9(16(20)21)3-4-11(8)22-12/h3-4,6-7,10H,1-2,5H2,(H,18,19)/t10-/m0/s1. The number of rotatable bonds is 3. The van der Waals surface area contributed by atoms with Crippen LogP contribution in [-0.2, 0) is 4.79 Å². The number of furan rings is 1. The van der Waals surface area contributed by atoms with E-state index in [9.17, 15) is 19.7 Å². The van der Waals surface area contributed by atoms with E-state index in [1.807, 2.05) is 0 Å². The van der Waals surface area contributed by atoms with Crippen LogP contribution in [0.5, 0.6) is 0 Å². The van der Waals surface area contributed by atoms with Crippen molar-refractivity contribution in [3.05, 3.63) is 40.1 Å². The van der Waals surface area contributed by atoms with Gasteiger partial charge in [0.1, 0.15) is 11.6 Å². The van der Waals surface area contributed by atoms with Crippen molar-refractivity contribution in [1.29, 1.82) is 0 Å². The summed E-state index contributed by atoms with van der Waals surface area (Å²) >= 11 is 0. The van der Waals surface area contributed by atoms with Crippen molar-refractivity contribution in [2.45, 2.75) is 18.9 Å². The highest BCUT2D eigenvalue weighted by Gasteiger charge is 2.35. The Balaban J connectivity index is 1.94. The zero-order chi connectivity index (χ0) is 15.9. The number of nitrogens with zero attached hydrogens (tertiary/aromatic N) is 2. The molecule has 0 bridgehead atoms. The van der Waals surface area contributed by atoms with Gasteiger partial charge in [-0.3, -0.25) is 14.9 Å². The minimum atomic E-state index is -1.04. The van der Waals surface area contributed by atoms with Gasteiger partial charge in [-0.05, 0) is 25.0 Å². The van der Waals surface area contributed by atoms with Crippen LogP contribution in [0.25, 0.3) is 11.0 Å². The average Bonchev–Trinajstić information content (AvgIpc) is 3.12. The van der Waals surface area contributed by atoms with E-state index < -0.39 is 22.8 Å². The maximum atomic E-state index is 12.4. The molecule has 0 radical (unpaired) electrons. The first kappa shape index (κ1) is 14.1. The van der Waals surface area contributed by atoms with Gasteiger partial charge >= 0.3 is 5.97 Å². The molecule has 1 aromatic heterocycles. The normalized spacial score (nSPS) is 17.8.